The number of nitrogens with zero attached hydrogens (tertiary/aromatic N) is 2. The molecule has 0 bridgehead atoms. The normalized spacial score (nSPS) is 10.3. The van der Waals surface area contributed by atoms with E-state index in [9.17, 15) is 4.79 Å². The van der Waals surface area contributed by atoms with Gasteiger partial charge in [0.1, 0.15) is 6.61 Å². The van der Waals surface area contributed by atoms with E-state index in [-0.39, 0.29) is 5.91 Å². The van der Waals surface area contributed by atoms with E-state index >= 15 is 0 Å². The van der Waals surface area contributed by atoms with Crippen LogP contribution >= 0.6 is 0 Å². The molecule has 2 aromatic carbocycles. The molecule has 3 aromatic rings. The zero-order valence-corrected chi connectivity index (χ0v) is 16.8. The molecule has 3 rings (SSSR count). The monoisotopic (exact) mass is 392 g/mol. The van der Waals surface area contributed by atoms with E-state index in [0.717, 1.165) is 11.1 Å². The Morgan fingerprint density at radius 1 is 0.966 bits per heavy atom. The van der Waals surface area contributed by atoms with Crippen molar-refractivity contribution in [3.05, 3.63) is 83.7 Å². The number of carbonyl (C=O) groups excluding carboxylic acids is 1. The molecule has 0 atom stereocenters. The highest BCUT2D eigenvalue weighted by molar-refractivity contribution is 5.95. The zero-order valence-electron chi connectivity index (χ0n) is 16.8. The molecule has 1 aromatic heterocycles. The van der Waals surface area contributed by atoms with E-state index in [4.69, 9.17) is 14.2 Å². The van der Waals surface area contributed by atoms with Crippen molar-refractivity contribution < 1.29 is 19.0 Å². The van der Waals surface area contributed by atoms with Crippen LogP contribution in [-0.2, 0) is 13.2 Å². The van der Waals surface area contributed by atoms with Crippen LogP contribution in [0.4, 0.5) is 0 Å². The summed E-state index contributed by atoms with van der Waals surface area (Å²) in [6.07, 6.45) is 3.45. The first-order valence-corrected chi connectivity index (χ1v) is 9.19. The molecule has 0 unspecified atom stereocenters. The number of benzene rings is 2. The number of methoxy groups -OCH3 is 2. The number of carbonyl (C=O) groups is 1. The van der Waals surface area contributed by atoms with E-state index in [1.807, 2.05) is 42.5 Å². The molecule has 0 saturated carbocycles. The second-order valence-corrected chi connectivity index (χ2v) is 6.51. The first kappa shape index (κ1) is 20.2. The summed E-state index contributed by atoms with van der Waals surface area (Å²) < 4.78 is 16.9. The van der Waals surface area contributed by atoms with Crippen LogP contribution < -0.4 is 14.2 Å². The minimum Gasteiger partial charge on any atom is -0.493 e. The molecule has 0 saturated heterocycles. The van der Waals surface area contributed by atoms with Gasteiger partial charge in [-0.3, -0.25) is 9.78 Å². The van der Waals surface area contributed by atoms with Gasteiger partial charge in [-0.2, -0.15) is 0 Å². The summed E-state index contributed by atoms with van der Waals surface area (Å²) in [5.41, 5.74) is 2.43. The predicted molar refractivity (Wildman–Crippen MR) is 110 cm³/mol. The molecule has 0 N–H and O–H groups in total. The maximum Gasteiger partial charge on any atom is 0.254 e. The van der Waals surface area contributed by atoms with Gasteiger partial charge in [0.25, 0.3) is 5.91 Å². The minimum atomic E-state index is -0.153. The highest BCUT2D eigenvalue weighted by atomic mass is 16.5. The fourth-order valence-corrected chi connectivity index (χ4v) is 2.93. The first-order chi connectivity index (χ1) is 14.1. The minimum absolute atomic E-state index is 0.153. The molecule has 0 fully saturated rings. The van der Waals surface area contributed by atoms with Gasteiger partial charge in [-0.15, -0.1) is 0 Å². The van der Waals surface area contributed by atoms with Gasteiger partial charge in [0, 0.05) is 31.5 Å². The fraction of sp³-hybridized carbons (Fsp3) is 0.217. The highest BCUT2D eigenvalue weighted by Gasteiger charge is 2.20. The van der Waals surface area contributed by atoms with Crippen LogP contribution in [0.1, 0.15) is 21.5 Å². The summed E-state index contributed by atoms with van der Waals surface area (Å²) in [5, 5.41) is 0. The molecule has 6 nitrogen and oxygen atoms in total. The SMILES string of the molecule is COc1cc(C(=O)N(C)Cc2cccnc2)cc(OC)c1OCc1ccccc1. The van der Waals surface area contributed by atoms with Gasteiger partial charge in [0.15, 0.2) is 11.5 Å². The Balaban J connectivity index is 1.81. The van der Waals surface area contributed by atoms with Gasteiger partial charge in [-0.1, -0.05) is 36.4 Å². The van der Waals surface area contributed by atoms with Crippen molar-refractivity contribution in [2.75, 3.05) is 21.3 Å². The van der Waals surface area contributed by atoms with Crippen LogP contribution in [-0.4, -0.2) is 37.1 Å². The molecular weight excluding hydrogens is 368 g/mol. The Hall–Kier alpha value is -3.54. The number of ether oxygens (including phenoxy) is 3. The molecule has 1 amide bonds. The molecule has 0 radical (unpaired) electrons. The van der Waals surface area contributed by atoms with Crippen LogP contribution in [0.2, 0.25) is 0 Å². The number of amides is 1. The Morgan fingerprint density at radius 3 is 2.21 bits per heavy atom. The smallest absolute Gasteiger partial charge is 0.254 e. The zero-order chi connectivity index (χ0) is 20.6. The predicted octanol–water partition coefficient (Wildman–Crippen LogP) is 3.95. The van der Waals surface area contributed by atoms with Crippen molar-refractivity contribution in [1.29, 1.82) is 0 Å². The Bertz CT molecular complexity index is 921. The molecule has 0 aliphatic heterocycles. The van der Waals surface area contributed by atoms with E-state index in [1.165, 1.54) is 14.2 Å². The standard InChI is InChI=1S/C23H24N2O4/c1-25(15-18-10-7-11-24-14-18)23(26)19-12-20(27-2)22(21(13-19)28-3)29-16-17-8-5-4-6-9-17/h4-14H,15-16H2,1-3H3. The molecule has 0 spiro atoms. The number of rotatable bonds is 8. The average molecular weight is 392 g/mol. The van der Waals surface area contributed by atoms with Gasteiger partial charge >= 0.3 is 0 Å². The van der Waals surface area contributed by atoms with Crippen molar-refractivity contribution in [3.8, 4) is 17.2 Å². The lowest BCUT2D eigenvalue weighted by atomic mass is 10.1. The molecule has 29 heavy (non-hydrogen) atoms. The van der Waals surface area contributed by atoms with Crippen LogP contribution in [0.15, 0.2) is 67.0 Å². The van der Waals surface area contributed by atoms with Crippen molar-refractivity contribution in [2.45, 2.75) is 13.2 Å². The summed E-state index contributed by atoms with van der Waals surface area (Å²) in [6, 6.07) is 16.9. The third-order valence-corrected chi connectivity index (χ3v) is 4.42. The summed E-state index contributed by atoms with van der Waals surface area (Å²) >= 11 is 0. The van der Waals surface area contributed by atoms with Gasteiger partial charge < -0.3 is 19.1 Å². The lowest BCUT2D eigenvalue weighted by Crippen LogP contribution is -2.26. The second kappa shape index (κ2) is 9.59. The van der Waals surface area contributed by atoms with Crippen LogP contribution in [0.5, 0.6) is 17.2 Å². The number of hydrogen-bond donors (Lipinski definition) is 0. The number of aromatic nitrogens is 1. The second-order valence-electron chi connectivity index (χ2n) is 6.51. The van der Waals surface area contributed by atoms with E-state index < -0.39 is 0 Å². The maximum absolute atomic E-state index is 12.9. The van der Waals surface area contributed by atoms with Gasteiger partial charge in [-0.05, 0) is 29.3 Å². The Labute approximate surface area is 170 Å². The summed E-state index contributed by atoms with van der Waals surface area (Å²) in [7, 11) is 4.82. The van der Waals surface area contributed by atoms with Crippen LogP contribution in [0.25, 0.3) is 0 Å². The summed E-state index contributed by atoms with van der Waals surface area (Å²) in [4.78, 5) is 18.6. The van der Waals surface area contributed by atoms with Crippen molar-refractivity contribution in [3.63, 3.8) is 0 Å². The Morgan fingerprint density at radius 2 is 1.62 bits per heavy atom. The number of pyridine rings is 1. The van der Waals surface area contributed by atoms with E-state index in [1.54, 1.807) is 36.5 Å². The Kier molecular flexibility index (Phi) is 6.68. The quantitative estimate of drug-likeness (QED) is 0.581. The topological polar surface area (TPSA) is 60.9 Å². The molecule has 6 heteroatoms. The fourth-order valence-electron chi connectivity index (χ4n) is 2.93. The van der Waals surface area contributed by atoms with Crippen LogP contribution in [0.3, 0.4) is 0 Å². The van der Waals surface area contributed by atoms with Crippen molar-refractivity contribution in [2.24, 2.45) is 0 Å². The van der Waals surface area contributed by atoms with Crippen molar-refractivity contribution >= 4 is 5.91 Å². The molecular formula is C23H24N2O4. The first-order valence-electron chi connectivity index (χ1n) is 9.19. The molecule has 0 aliphatic rings. The highest BCUT2D eigenvalue weighted by Crippen LogP contribution is 2.39. The largest absolute Gasteiger partial charge is 0.493 e. The van der Waals surface area contributed by atoms with Crippen LogP contribution in [0, 0.1) is 0 Å². The van der Waals surface area contributed by atoms with Crippen molar-refractivity contribution in [1.82, 2.24) is 9.88 Å². The third kappa shape index (κ3) is 5.04. The van der Waals surface area contributed by atoms with Gasteiger partial charge in [-0.25, -0.2) is 0 Å². The average Bonchev–Trinajstić information content (AvgIpc) is 2.77. The molecule has 150 valence electrons. The van der Waals surface area contributed by atoms with Gasteiger partial charge in [0.05, 0.1) is 14.2 Å². The maximum atomic E-state index is 12.9. The summed E-state index contributed by atoms with van der Waals surface area (Å²) in [6.45, 7) is 0.811. The number of hydrogen-bond acceptors (Lipinski definition) is 5. The molecule has 1 heterocycles. The lowest BCUT2D eigenvalue weighted by Gasteiger charge is -2.20. The lowest BCUT2D eigenvalue weighted by molar-refractivity contribution is 0.0784. The molecule has 0 aliphatic carbocycles. The third-order valence-electron chi connectivity index (χ3n) is 4.42. The summed E-state index contributed by atoms with van der Waals surface area (Å²) in [5.74, 6) is 1.20. The van der Waals surface area contributed by atoms with E-state index in [2.05, 4.69) is 4.98 Å². The van der Waals surface area contributed by atoms with Gasteiger partial charge in [0.2, 0.25) is 5.75 Å². The van der Waals surface area contributed by atoms with E-state index in [0.29, 0.717) is 36.0 Å².